The minimum Gasteiger partial charge on any atom is -0.493 e. The lowest BCUT2D eigenvalue weighted by atomic mass is 10.1. The number of methoxy groups -OCH3 is 3. The Balaban J connectivity index is 1.73. The number of nitrogens with one attached hydrogen (secondary N) is 1. The molecule has 32 heavy (non-hydrogen) atoms. The third-order valence-corrected chi connectivity index (χ3v) is 5.55. The Kier molecular flexibility index (Phi) is 8.36. The number of aromatic nitrogens is 2. The quantitative estimate of drug-likeness (QED) is 0.396. The minimum atomic E-state index is -0.0669. The highest BCUT2D eigenvalue weighted by Gasteiger charge is 2.16. The van der Waals surface area contributed by atoms with Gasteiger partial charge < -0.3 is 19.5 Å². The van der Waals surface area contributed by atoms with Gasteiger partial charge in [-0.25, -0.2) is 4.98 Å². The maximum atomic E-state index is 12.5. The fraction of sp³-hybridized carbons (Fsp3) is 0.440. The van der Waals surface area contributed by atoms with Crippen LogP contribution < -0.4 is 19.5 Å². The highest BCUT2D eigenvalue weighted by Crippen LogP contribution is 2.39. The van der Waals surface area contributed by atoms with Crippen LogP contribution in [0.2, 0.25) is 0 Å². The van der Waals surface area contributed by atoms with Crippen LogP contribution in [0.5, 0.6) is 17.2 Å². The monoisotopic (exact) mass is 439 g/mol. The van der Waals surface area contributed by atoms with Crippen LogP contribution in [0.25, 0.3) is 16.7 Å². The van der Waals surface area contributed by atoms with E-state index in [9.17, 15) is 4.79 Å². The summed E-state index contributed by atoms with van der Waals surface area (Å²) in [7, 11) is 4.75. The molecule has 0 aliphatic rings. The molecule has 0 aliphatic heterocycles. The van der Waals surface area contributed by atoms with Crippen LogP contribution in [-0.2, 0) is 0 Å². The van der Waals surface area contributed by atoms with E-state index in [-0.39, 0.29) is 5.91 Å². The summed E-state index contributed by atoms with van der Waals surface area (Å²) in [6, 6.07) is 9.29. The van der Waals surface area contributed by atoms with Gasteiger partial charge in [0.25, 0.3) is 5.91 Å². The van der Waals surface area contributed by atoms with E-state index in [1.807, 2.05) is 34.9 Å². The van der Waals surface area contributed by atoms with Gasteiger partial charge in [-0.05, 0) is 24.6 Å². The first-order valence-electron chi connectivity index (χ1n) is 11.2. The second kappa shape index (κ2) is 11.4. The van der Waals surface area contributed by atoms with Crippen molar-refractivity contribution in [3.63, 3.8) is 0 Å². The summed E-state index contributed by atoms with van der Waals surface area (Å²) in [4.78, 5) is 17.0. The predicted octanol–water partition coefficient (Wildman–Crippen LogP) is 5.14. The third-order valence-electron chi connectivity index (χ3n) is 5.55. The van der Waals surface area contributed by atoms with Crippen LogP contribution in [0.1, 0.15) is 55.8 Å². The molecule has 0 spiro atoms. The lowest BCUT2D eigenvalue weighted by Gasteiger charge is -2.15. The Bertz CT molecular complexity index is 1020. The Morgan fingerprint density at radius 2 is 1.62 bits per heavy atom. The summed E-state index contributed by atoms with van der Waals surface area (Å²) in [5.74, 6) is 1.60. The standard InChI is InChI=1S/C25H33N3O4/c1-5-6-7-8-9-10-13-26-25(29)18-11-12-21-20(14-18)27-17-28(21)19-15-22(30-2)24(32-4)23(16-19)31-3/h11-12,14-17H,5-10,13H2,1-4H3,(H,26,29). The average molecular weight is 440 g/mol. The number of amides is 1. The van der Waals surface area contributed by atoms with Crippen LogP contribution in [0, 0.1) is 0 Å². The van der Waals surface area contributed by atoms with Crippen molar-refractivity contribution < 1.29 is 19.0 Å². The first kappa shape index (κ1) is 23.4. The van der Waals surface area contributed by atoms with Crippen LogP contribution >= 0.6 is 0 Å². The molecule has 1 N–H and O–H groups in total. The molecule has 0 saturated heterocycles. The van der Waals surface area contributed by atoms with Crippen LogP contribution in [0.4, 0.5) is 0 Å². The Morgan fingerprint density at radius 3 is 2.28 bits per heavy atom. The number of fused-ring (bicyclic) bond motifs is 1. The van der Waals surface area contributed by atoms with Gasteiger partial charge in [-0.1, -0.05) is 39.0 Å². The van der Waals surface area contributed by atoms with Crippen molar-refractivity contribution in [3.05, 3.63) is 42.2 Å². The van der Waals surface area contributed by atoms with Crippen molar-refractivity contribution in [1.82, 2.24) is 14.9 Å². The van der Waals surface area contributed by atoms with E-state index >= 15 is 0 Å². The maximum Gasteiger partial charge on any atom is 0.251 e. The molecule has 1 amide bonds. The number of imidazole rings is 1. The van der Waals surface area contributed by atoms with Gasteiger partial charge in [-0.3, -0.25) is 9.36 Å². The number of benzene rings is 2. The number of hydrogen-bond acceptors (Lipinski definition) is 5. The zero-order valence-corrected chi connectivity index (χ0v) is 19.4. The van der Waals surface area contributed by atoms with Crippen LogP contribution in [0.15, 0.2) is 36.7 Å². The largest absolute Gasteiger partial charge is 0.493 e. The smallest absolute Gasteiger partial charge is 0.251 e. The number of rotatable bonds is 12. The molecule has 0 saturated carbocycles. The second-order valence-electron chi connectivity index (χ2n) is 7.73. The molecular formula is C25H33N3O4. The summed E-state index contributed by atoms with van der Waals surface area (Å²) in [5.41, 5.74) is 3.05. The molecule has 7 heteroatoms. The molecule has 0 bridgehead atoms. The Labute approximate surface area is 189 Å². The van der Waals surface area contributed by atoms with Crippen LogP contribution in [-0.4, -0.2) is 43.3 Å². The third kappa shape index (κ3) is 5.33. The number of nitrogens with zero attached hydrogens (tertiary/aromatic N) is 2. The Hall–Kier alpha value is -3.22. The number of carbonyl (C=O) groups excluding carboxylic acids is 1. The van der Waals surface area contributed by atoms with E-state index in [0.717, 1.165) is 29.6 Å². The molecule has 1 aromatic heterocycles. The number of carbonyl (C=O) groups is 1. The van der Waals surface area contributed by atoms with E-state index in [1.165, 1.54) is 25.7 Å². The molecule has 0 fully saturated rings. The normalized spacial score (nSPS) is 10.9. The van der Waals surface area contributed by atoms with Gasteiger partial charge >= 0.3 is 0 Å². The molecule has 3 rings (SSSR count). The number of ether oxygens (including phenoxy) is 3. The fourth-order valence-electron chi connectivity index (χ4n) is 3.78. The SMILES string of the molecule is CCCCCCCCNC(=O)c1ccc2c(c1)ncn2-c1cc(OC)c(OC)c(OC)c1. The molecule has 7 nitrogen and oxygen atoms in total. The topological polar surface area (TPSA) is 74.6 Å². The second-order valence-corrected chi connectivity index (χ2v) is 7.73. The molecule has 0 atom stereocenters. The van der Waals surface area contributed by atoms with Crippen molar-refractivity contribution in [2.45, 2.75) is 45.4 Å². The number of hydrogen-bond donors (Lipinski definition) is 1. The lowest BCUT2D eigenvalue weighted by molar-refractivity contribution is 0.0953. The van der Waals surface area contributed by atoms with E-state index in [1.54, 1.807) is 27.7 Å². The van der Waals surface area contributed by atoms with E-state index in [4.69, 9.17) is 14.2 Å². The summed E-state index contributed by atoms with van der Waals surface area (Å²) in [5, 5.41) is 3.02. The van der Waals surface area contributed by atoms with Crippen molar-refractivity contribution in [2.24, 2.45) is 0 Å². The molecule has 2 aromatic carbocycles. The van der Waals surface area contributed by atoms with E-state index in [0.29, 0.717) is 29.4 Å². The molecular weight excluding hydrogens is 406 g/mol. The van der Waals surface area contributed by atoms with Gasteiger partial charge in [0.2, 0.25) is 5.75 Å². The molecule has 172 valence electrons. The fourth-order valence-corrected chi connectivity index (χ4v) is 3.78. The lowest BCUT2D eigenvalue weighted by Crippen LogP contribution is -2.24. The maximum absolute atomic E-state index is 12.5. The summed E-state index contributed by atoms with van der Waals surface area (Å²) in [6.07, 6.45) is 8.92. The van der Waals surface area contributed by atoms with E-state index in [2.05, 4.69) is 17.2 Å². The van der Waals surface area contributed by atoms with Crippen molar-refractivity contribution in [2.75, 3.05) is 27.9 Å². The van der Waals surface area contributed by atoms with Crippen molar-refractivity contribution in [3.8, 4) is 22.9 Å². The van der Waals surface area contributed by atoms with Gasteiger partial charge in [0.15, 0.2) is 11.5 Å². The summed E-state index contributed by atoms with van der Waals surface area (Å²) in [6.45, 7) is 2.91. The van der Waals surface area contributed by atoms with Gasteiger partial charge in [0.05, 0.1) is 38.1 Å². The minimum absolute atomic E-state index is 0.0669. The molecule has 0 radical (unpaired) electrons. The van der Waals surface area contributed by atoms with Crippen LogP contribution in [0.3, 0.4) is 0 Å². The molecule has 0 unspecified atom stereocenters. The molecule has 0 aliphatic carbocycles. The highest BCUT2D eigenvalue weighted by atomic mass is 16.5. The first-order valence-corrected chi connectivity index (χ1v) is 11.2. The van der Waals surface area contributed by atoms with Gasteiger partial charge in [-0.15, -0.1) is 0 Å². The number of unbranched alkanes of at least 4 members (excludes halogenated alkanes) is 5. The summed E-state index contributed by atoms with van der Waals surface area (Å²) >= 11 is 0. The van der Waals surface area contributed by atoms with Gasteiger partial charge in [-0.2, -0.15) is 0 Å². The predicted molar refractivity (Wildman–Crippen MR) is 126 cm³/mol. The summed E-state index contributed by atoms with van der Waals surface area (Å²) < 4.78 is 18.3. The van der Waals surface area contributed by atoms with Crippen molar-refractivity contribution in [1.29, 1.82) is 0 Å². The first-order chi connectivity index (χ1) is 15.6. The molecule has 3 aromatic rings. The zero-order chi connectivity index (χ0) is 22.9. The van der Waals surface area contributed by atoms with Gasteiger partial charge in [0, 0.05) is 24.2 Å². The van der Waals surface area contributed by atoms with Crippen molar-refractivity contribution >= 4 is 16.9 Å². The van der Waals surface area contributed by atoms with E-state index < -0.39 is 0 Å². The Morgan fingerprint density at radius 1 is 0.938 bits per heavy atom. The molecule has 1 heterocycles. The average Bonchev–Trinajstić information content (AvgIpc) is 3.25. The zero-order valence-electron chi connectivity index (χ0n) is 19.4. The van der Waals surface area contributed by atoms with Gasteiger partial charge in [0.1, 0.15) is 6.33 Å². The highest BCUT2D eigenvalue weighted by molar-refractivity contribution is 5.97.